The van der Waals surface area contributed by atoms with Gasteiger partial charge in [0.05, 0.1) is 35.6 Å². The molecule has 3 heterocycles. The van der Waals surface area contributed by atoms with Crippen LogP contribution < -0.4 is 5.32 Å². The van der Waals surface area contributed by atoms with Crippen LogP contribution in [0.3, 0.4) is 0 Å². The molecule has 1 aliphatic carbocycles. The molecule has 0 bridgehead atoms. The van der Waals surface area contributed by atoms with Crippen LogP contribution in [0, 0.1) is 0 Å². The van der Waals surface area contributed by atoms with Gasteiger partial charge in [0.15, 0.2) is 0 Å². The van der Waals surface area contributed by atoms with E-state index in [1.165, 1.54) is 6.20 Å². The molecule has 0 saturated carbocycles. The monoisotopic (exact) mass is 433 g/mol. The van der Waals surface area contributed by atoms with Crippen molar-refractivity contribution in [1.82, 2.24) is 25.3 Å². The van der Waals surface area contributed by atoms with Gasteiger partial charge in [0.25, 0.3) is 5.91 Å². The molecule has 0 radical (unpaired) electrons. The Kier molecular flexibility index (Phi) is 4.48. The smallest absolute Gasteiger partial charge is 0.252 e. The first-order valence-corrected chi connectivity index (χ1v) is 10.6. The molecule has 0 saturated heterocycles. The van der Waals surface area contributed by atoms with Gasteiger partial charge in [-0.2, -0.15) is 0 Å². The fourth-order valence-corrected chi connectivity index (χ4v) is 4.51. The minimum atomic E-state index is -0.305. The Balaban J connectivity index is 1.46. The van der Waals surface area contributed by atoms with Crippen LogP contribution in [0.4, 0.5) is 0 Å². The van der Waals surface area contributed by atoms with E-state index < -0.39 is 0 Å². The fourth-order valence-electron chi connectivity index (χ4n) is 4.51. The average Bonchev–Trinajstić information content (AvgIpc) is 3.44. The van der Waals surface area contributed by atoms with Crippen LogP contribution in [0.25, 0.3) is 33.5 Å². The number of nitrogens with one attached hydrogen (secondary N) is 2. The van der Waals surface area contributed by atoms with Gasteiger partial charge in [-0.05, 0) is 40.5 Å². The van der Waals surface area contributed by atoms with Crippen molar-refractivity contribution in [3.8, 4) is 22.5 Å². The number of carbonyl (C=O) groups is 1. The second kappa shape index (κ2) is 7.65. The second-order valence-corrected chi connectivity index (χ2v) is 7.94. The predicted molar refractivity (Wildman–Crippen MR) is 124 cm³/mol. The van der Waals surface area contributed by atoms with Gasteiger partial charge in [0.1, 0.15) is 5.82 Å². The summed E-state index contributed by atoms with van der Waals surface area (Å²) in [6.07, 6.45) is 5.03. The van der Waals surface area contributed by atoms with E-state index in [2.05, 4.69) is 26.3 Å². The molecular weight excluding hydrogens is 414 g/mol. The molecule has 2 aromatic carbocycles. The summed E-state index contributed by atoms with van der Waals surface area (Å²) in [7, 11) is 0. The Hall–Kier alpha value is -4.36. The maximum Gasteiger partial charge on any atom is 0.252 e. The first kappa shape index (κ1) is 19.3. The molecule has 1 unspecified atom stereocenters. The summed E-state index contributed by atoms with van der Waals surface area (Å²) in [4.78, 5) is 29.5. The molecule has 0 spiro atoms. The van der Waals surface area contributed by atoms with Crippen molar-refractivity contribution in [2.24, 2.45) is 0 Å². The number of benzene rings is 2. The van der Waals surface area contributed by atoms with Crippen LogP contribution in [0.2, 0.25) is 0 Å². The molecular formula is C26H19N5O2. The number of hydrogen-bond acceptors (Lipinski definition) is 5. The minimum Gasteiger partial charge on any atom is -0.390 e. The van der Waals surface area contributed by atoms with Crippen LogP contribution >= 0.6 is 0 Å². The quantitative estimate of drug-likeness (QED) is 0.397. The van der Waals surface area contributed by atoms with Gasteiger partial charge < -0.3 is 15.4 Å². The number of nitrogens with zero attached hydrogens (tertiary/aromatic N) is 3. The van der Waals surface area contributed by atoms with Crippen molar-refractivity contribution >= 4 is 16.9 Å². The van der Waals surface area contributed by atoms with E-state index >= 15 is 0 Å². The van der Waals surface area contributed by atoms with E-state index in [9.17, 15) is 9.90 Å². The summed E-state index contributed by atoms with van der Waals surface area (Å²) >= 11 is 0. The second-order valence-electron chi connectivity index (χ2n) is 7.94. The van der Waals surface area contributed by atoms with Crippen LogP contribution in [-0.2, 0) is 6.61 Å². The highest BCUT2D eigenvalue weighted by molar-refractivity contribution is 5.97. The largest absolute Gasteiger partial charge is 0.390 e. The topological polar surface area (TPSA) is 104 Å². The maximum atomic E-state index is 13.1. The number of imidazole rings is 1. The summed E-state index contributed by atoms with van der Waals surface area (Å²) < 4.78 is 0. The van der Waals surface area contributed by atoms with E-state index in [0.29, 0.717) is 11.3 Å². The molecule has 7 heteroatoms. The molecule has 5 aromatic rings. The number of aromatic nitrogens is 4. The van der Waals surface area contributed by atoms with E-state index in [0.717, 1.165) is 44.7 Å². The highest BCUT2D eigenvalue weighted by atomic mass is 16.3. The van der Waals surface area contributed by atoms with Gasteiger partial charge >= 0.3 is 0 Å². The first-order valence-electron chi connectivity index (χ1n) is 10.6. The molecule has 7 nitrogen and oxygen atoms in total. The van der Waals surface area contributed by atoms with Gasteiger partial charge in [-0.25, -0.2) is 4.98 Å². The standard InChI is InChI=1S/C26H19N5O2/c32-14-16-12-15(8-11-28-16)26(33)31-24-18-5-2-1-4-17(18)23-19(24)6-3-7-20(23)25-29-21-9-10-27-13-22(21)30-25/h1-13,24,32H,14H2,(H,29,30)(H,31,33). The molecule has 6 rings (SSSR count). The van der Waals surface area contributed by atoms with Crippen LogP contribution in [0.15, 0.2) is 79.3 Å². The summed E-state index contributed by atoms with van der Waals surface area (Å²) in [5, 5.41) is 12.5. The zero-order valence-corrected chi connectivity index (χ0v) is 17.5. The van der Waals surface area contributed by atoms with Gasteiger partial charge in [-0.15, -0.1) is 0 Å². The minimum absolute atomic E-state index is 0.216. The number of carbonyl (C=O) groups excluding carboxylic acids is 1. The van der Waals surface area contributed by atoms with Crippen molar-refractivity contribution in [2.75, 3.05) is 0 Å². The Labute approximate surface area is 189 Å². The third-order valence-corrected chi connectivity index (χ3v) is 6.00. The number of fused-ring (bicyclic) bond motifs is 4. The Morgan fingerprint density at radius 3 is 2.73 bits per heavy atom. The lowest BCUT2D eigenvalue weighted by atomic mass is 9.98. The molecule has 0 fully saturated rings. The number of rotatable bonds is 4. The van der Waals surface area contributed by atoms with Gasteiger partial charge in [0, 0.05) is 23.5 Å². The number of pyridine rings is 2. The molecule has 33 heavy (non-hydrogen) atoms. The number of aromatic amines is 1. The molecule has 0 aliphatic heterocycles. The van der Waals surface area contributed by atoms with E-state index in [1.807, 2.05) is 42.5 Å². The Bertz CT molecular complexity index is 1490. The van der Waals surface area contributed by atoms with E-state index in [4.69, 9.17) is 4.98 Å². The zero-order valence-electron chi connectivity index (χ0n) is 17.5. The first-order chi connectivity index (χ1) is 16.2. The predicted octanol–water partition coefficient (Wildman–Crippen LogP) is 4.01. The van der Waals surface area contributed by atoms with Crippen LogP contribution in [0.1, 0.15) is 33.2 Å². The number of hydrogen-bond donors (Lipinski definition) is 3. The normalized spacial score (nSPS) is 14.2. The Morgan fingerprint density at radius 1 is 1.00 bits per heavy atom. The Morgan fingerprint density at radius 2 is 1.85 bits per heavy atom. The van der Waals surface area contributed by atoms with Crippen molar-refractivity contribution in [2.45, 2.75) is 12.6 Å². The van der Waals surface area contributed by atoms with Crippen molar-refractivity contribution in [1.29, 1.82) is 0 Å². The van der Waals surface area contributed by atoms with Gasteiger partial charge in [-0.1, -0.05) is 42.5 Å². The SMILES string of the molecule is O=C(NC1c2ccccc2-c2c(-c3nc4ccncc4[nH]3)cccc21)c1ccnc(CO)c1. The third-order valence-electron chi connectivity index (χ3n) is 6.00. The number of aliphatic hydroxyl groups excluding tert-OH is 1. The maximum absolute atomic E-state index is 13.1. The van der Waals surface area contributed by atoms with Gasteiger partial charge in [0.2, 0.25) is 0 Å². The summed E-state index contributed by atoms with van der Waals surface area (Å²) in [6.45, 7) is -0.216. The highest BCUT2D eigenvalue weighted by Gasteiger charge is 2.32. The van der Waals surface area contributed by atoms with Gasteiger partial charge in [-0.3, -0.25) is 14.8 Å². The van der Waals surface area contributed by atoms with Crippen LogP contribution in [-0.4, -0.2) is 30.9 Å². The summed E-state index contributed by atoms with van der Waals surface area (Å²) in [6, 6.07) is 19.0. The average molecular weight is 433 g/mol. The summed E-state index contributed by atoms with van der Waals surface area (Å²) in [5.74, 6) is 0.540. The lowest BCUT2D eigenvalue weighted by Crippen LogP contribution is -2.28. The molecule has 1 aliphatic rings. The zero-order chi connectivity index (χ0) is 22.4. The lowest BCUT2D eigenvalue weighted by molar-refractivity contribution is 0.0943. The lowest BCUT2D eigenvalue weighted by Gasteiger charge is -2.16. The fraction of sp³-hybridized carbons (Fsp3) is 0.0769. The summed E-state index contributed by atoms with van der Waals surface area (Å²) in [5.41, 5.74) is 7.77. The van der Waals surface area contributed by atoms with Crippen molar-refractivity contribution < 1.29 is 9.90 Å². The van der Waals surface area contributed by atoms with Crippen LogP contribution in [0.5, 0.6) is 0 Å². The number of aliphatic hydroxyl groups is 1. The molecule has 1 amide bonds. The molecule has 3 aromatic heterocycles. The van der Waals surface area contributed by atoms with E-state index in [1.54, 1.807) is 24.5 Å². The number of amides is 1. The highest BCUT2D eigenvalue weighted by Crippen LogP contribution is 2.47. The van der Waals surface area contributed by atoms with Crippen molar-refractivity contribution in [3.63, 3.8) is 0 Å². The molecule has 3 N–H and O–H groups in total. The molecule has 160 valence electrons. The third kappa shape index (κ3) is 3.18. The molecule has 1 atom stereocenters. The van der Waals surface area contributed by atoms with E-state index in [-0.39, 0.29) is 18.6 Å². The number of H-pyrrole nitrogens is 1. The van der Waals surface area contributed by atoms with Crippen molar-refractivity contribution in [3.05, 3.63) is 102 Å².